The Labute approximate surface area is 91.3 Å². The van der Waals surface area contributed by atoms with Crippen molar-refractivity contribution in [3.8, 4) is 0 Å². The van der Waals surface area contributed by atoms with Crippen molar-refractivity contribution in [3.63, 3.8) is 0 Å². The molecule has 0 bridgehead atoms. The van der Waals surface area contributed by atoms with Crippen molar-refractivity contribution in [2.24, 2.45) is 0 Å². The fraction of sp³-hybridized carbons (Fsp3) is 0.300. The molecule has 0 aliphatic heterocycles. The summed E-state index contributed by atoms with van der Waals surface area (Å²) in [7, 11) is 0. The Kier molecular flexibility index (Phi) is 4.10. The van der Waals surface area contributed by atoms with Crippen molar-refractivity contribution in [2.75, 3.05) is 6.54 Å². The third kappa shape index (κ3) is 3.47. The number of aliphatic hydroxyl groups excluding tert-OH is 1. The van der Waals surface area contributed by atoms with Crippen molar-refractivity contribution < 1.29 is 9.90 Å². The molecule has 1 atom stereocenters. The Morgan fingerprint density at radius 3 is 2.93 bits per heavy atom. The number of halogens is 1. The molecular formula is C10H12BrNO2. The van der Waals surface area contributed by atoms with Crippen LogP contribution in [-0.2, 0) is 4.79 Å². The van der Waals surface area contributed by atoms with E-state index in [2.05, 4.69) is 21.2 Å². The van der Waals surface area contributed by atoms with E-state index in [1.807, 2.05) is 24.3 Å². The van der Waals surface area contributed by atoms with E-state index in [9.17, 15) is 9.90 Å². The molecule has 4 heteroatoms. The maximum atomic E-state index is 10.6. The largest absolute Gasteiger partial charge is 0.387 e. The summed E-state index contributed by atoms with van der Waals surface area (Å²) >= 11 is 3.31. The lowest BCUT2D eigenvalue weighted by atomic mass is 10.1. The smallest absolute Gasteiger partial charge is 0.216 e. The number of hydrogen-bond donors (Lipinski definition) is 2. The monoisotopic (exact) mass is 257 g/mol. The van der Waals surface area contributed by atoms with Gasteiger partial charge in [-0.25, -0.2) is 0 Å². The minimum atomic E-state index is -0.656. The van der Waals surface area contributed by atoms with Gasteiger partial charge in [-0.05, 0) is 17.7 Å². The van der Waals surface area contributed by atoms with E-state index >= 15 is 0 Å². The molecule has 1 aromatic carbocycles. The van der Waals surface area contributed by atoms with Crippen LogP contribution in [0.25, 0.3) is 0 Å². The molecule has 0 spiro atoms. The van der Waals surface area contributed by atoms with Crippen molar-refractivity contribution >= 4 is 21.8 Å². The molecule has 3 nitrogen and oxygen atoms in total. The minimum absolute atomic E-state index is 0.140. The molecular weight excluding hydrogens is 246 g/mol. The van der Waals surface area contributed by atoms with Crippen LogP contribution in [0.2, 0.25) is 0 Å². The van der Waals surface area contributed by atoms with Crippen molar-refractivity contribution in [3.05, 3.63) is 34.3 Å². The lowest BCUT2D eigenvalue weighted by Gasteiger charge is -2.11. The van der Waals surface area contributed by atoms with E-state index in [0.717, 1.165) is 10.0 Å². The average molecular weight is 258 g/mol. The van der Waals surface area contributed by atoms with Gasteiger partial charge in [0.2, 0.25) is 5.91 Å². The fourth-order valence-electron chi connectivity index (χ4n) is 1.07. The van der Waals surface area contributed by atoms with Crippen LogP contribution in [-0.4, -0.2) is 17.6 Å². The minimum Gasteiger partial charge on any atom is -0.387 e. The van der Waals surface area contributed by atoms with Crippen LogP contribution in [0.1, 0.15) is 18.6 Å². The first kappa shape index (κ1) is 11.2. The predicted octanol–water partition coefficient (Wildman–Crippen LogP) is 1.62. The molecule has 0 fully saturated rings. The molecule has 0 heterocycles. The Balaban J connectivity index is 2.60. The van der Waals surface area contributed by atoms with Gasteiger partial charge >= 0.3 is 0 Å². The normalized spacial score (nSPS) is 12.2. The van der Waals surface area contributed by atoms with Crippen LogP contribution < -0.4 is 5.32 Å². The molecule has 2 N–H and O–H groups in total. The van der Waals surface area contributed by atoms with Gasteiger partial charge in [0, 0.05) is 17.9 Å². The van der Waals surface area contributed by atoms with E-state index in [4.69, 9.17) is 0 Å². The highest BCUT2D eigenvalue weighted by Gasteiger charge is 2.07. The zero-order valence-electron chi connectivity index (χ0n) is 7.83. The third-order valence-electron chi connectivity index (χ3n) is 1.78. The number of carbonyl (C=O) groups excluding carboxylic acids is 1. The van der Waals surface area contributed by atoms with Gasteiger partial charge in [0.25, 0.3) is 0 Å². The van der Waals surface area contributed by atoms with E-state index < -0.39 is 6.10 Å². The first-order chi connectivity index (χ1) is 6.59. The lowest BCUT2D eigenvalue weighted by molar-refractivity contribution is -0.119. The summed E-state index contributed by atoms with van der Waals surface area (Å²) in [5.41, 5.74) is 0.785. The Bertz CT molecular complexity index is 328. The highest BCUT2D eigenvalue weighted by molar-refractivity contribution is 9.10. The number of aliphatic hydroxyl groups is 1. The topological polar surface area (TPSA) is 49.3 Å². The van der Waals surface area contributed by atoms with Crippen LogP contribution in [0.15, 0.2) is 28.7 Å². The van der Waals surface area contributed by atoms with Crippen LogP contribution >= 0.6 is 15.9 Å². The fourth-order valence-corrected chi connectivity index (χ4v) is 1.49. The van der Waals surface area contributed by atoms with Gasteiger partial charge in [0.15, 0.2) is 0 Å². The average Bonchev–Trinajstić information content (AvgIpc) is 2.14. The lowest BCUT2D eigenvalue weighted by Crippen LogP contribution is -2.25. The number of carbonyl (C=O) groups is 1. The molecule has 0 radical (unpaired) electrons. The molecule has 1 aromatic rings. The number of hydrogen-bond acceptors (Lipinski definition) is 2. The third-order valence-corrected chi connectivity index (χ3v) is 2.27. The molecule has 0 aliphatic rings. The Hall–Kier alpha value is -0.870. The second kappa shape index (κ2) is 5.12. The van der Waals surface area contributed by atoms with Gasteiger partial charge in [-0.3, -0.25) is 4.79 Å². The van der Waals surface area contributed by atoms with E-state index in [-0.39, 0.29) is 12.5 Å². The molecule has 1 amide bonds. The van der Waals surface area contributed by atoms with Gasteiger partial charge in [-0.1, -0.05) is 28.1 Å². The number of rotatable bonds is 3. The molecule has 0 saturated carbocycles. The molecule has 14 heavy (non-hydrogen) atoms. The van der Waals surface area contributed by atoms with Gasteiger partial charge in [-0.15, -0.1) is 0 Å². The summed E-state index contributed by atoms with van der Waals surface area (Å²) in [5, 5.41) is 12.2. The summed E-state index contributed by atoms with van der Waals surface area (Å²) in [6.07, 6.45) is -0.656. The van der Waals surface area contributed by atoms with Crippen LogP contribution in [0.3, 0.4) is 0 Å². The zero-order chi connectivity index (χ0) is 10.6. The Morgan fingerprint density at radius 2 is 2.36 bits per heavy atom. The summed E-state index contributed by atoms with van der Waals surface area (Å²) in [6.45, 7) is 1.67. The Morgan fingerprint density at radius 1 is 1.64 bits per heavy atom. The van der Waals surface area contributed by atoms with Crippen LogP contribution in [0, 0.1) is 0 Å². The standard InChI is InChI=1S/C10H12BrNO2/c1-7(13)12-6-10(14)8-3-2-4-9(11)5-8/h2-5,10,14H,6H2,1H3,(H,12,13). The molecule has 0 aromatic heterocycles. The molecule has 76 valence electrons. The maximum Gasteiger partial charge on any atom is 0.216 e. The number of amides is 1. The predicted molar refractivity (Wildman–Crippen MR) is 57.8 cm³/mol. The second-order valence-corrected chi connectivity index (χ2v) is 3.92. The number of benzene rings is 1. The summed E-state index contributed by atoms with van der Waals surface area (Å²) in [6, 6.07) is 7.37. The molecule has 1 unspecified atom stereocenters. The summed E-state index contributed by atoms with van der Waals surface area (Å²) < 4.78 is 0.914. The quantitative estimate of drug-likeness (QED) is 0.865. The summed E-state index contributed by atoms with van der Waals surface area (Å²) in [5.74, 6) is -0.140. The van der Waals surface area contributed by atoms with Crippen molar-refractivity contribution in [2.45, 2.75) is 13.0 Å². The van der Waals surface area contributed by atoms with Gasteiger partial charge in [0.05, 0.1) is 6.10 Å². The second-order valence-electron chi connectivity index (χ2n) is 3.01. The maximum absolute atomic E-state index is 10.6. The van der Waals surface area contributed by atoms with Gasteiger partial charge < -0.3 is 10.4 Å². The van der Waals surface area contributed by atoms with Crippen molar-refractivity contribution in [1.29, 1.82) is 0 Å². The molecule has 1 rings (SSSR count). The molecule has 0 aliphatic carbocycles. The van der Waals surface area contributed by atoms with Gasteiger partial charge in [0.1, 0.15) is 0 Å². The first-order valence-corrected chi connectivity index (χ1v) is 5.07. The van der Waals surface area contributed by atoms with Crippen LogP contribution in [0.5, 0.6) is 0 Å². The molecule has 0 saturated heterocycles. The first-order valence-electron chi connectivity index (χ1n) is 4.27. The van der Waals surface area contributed by atoms with Crippen LogP contribution in [0.4, 0.5) is 0 Å². The summed E-state index contributed by atoms with van der Waals surface area (Å²) in [4.78, 5) is 10.6. The number of nitrogens with one attached hydrogen (secondary N) is 1. The van der Waals surface area contributed by atoms with Crippen molar-refractivity contribution in [1.82, 2.24) is 5.32 Å². The van der Waals surface area contributed by atoms with E-state index in [0.29, 0.717) is 0 Å². The SMILES string of the molecule is CC(=O)NCC(O)c1cccc(Br)c1. The van der Waals surface area contributed by atoms with Gasteiger partial charge in [-0.2, -0.15) is 0 Å². The van der Waals surface area contributed by atoms with E-state index in [1.54, 1.807) is 0 Å². The highest BCUT2D eigenvalue weighted by Crippen LogP contribution is 2.17. The highest BCUT2D eigenvalue weighted by atomic mass is 79.9. The van der Waals surface area contributed by atoms with E-state index in [1.165, 1.54) is 6.92 Å². The zero-order valence-corrected chi connectivity index (χ0v) is 9.41.